The van der Waals surface area contributed by atoms with Gasteiger partial charge < -0.3 is 10.2 Å². The zero-order chi connectivity index (χ0) is 41.8. The first-order valence-corrected chi connectivity index (χ1v) is 21.0. The molecule has 2 aromatic carbocycles. The van der Waals surface area contributed by atoms with E-state index in [2.05, 4.69) is 30.4 Å². The molecule has 0 unspecified atom stereocenters. The van der Waals surface area contributed by atoms with E-state index in [-0.39, 0.29) is 42.8 Å². The molecule has 0 spiro atoms. The standard InChI is InChI=1S/C19H18F2N6O3S.C18H21N5O3S/c1-3-31(28,29)27(15-6-4-5-12-10-23-26(2)16(12)15)11-14-8-7-13(9-22-14)18-24-25-19(30-18)17(20)21;1-3-27(25,26)23(12-15-8-7-13(10-20-15)17(24)9-19)16-6-4-5-14-11-21-22(2)18(14)16/h4-10,17H,3,11H2,1-2H3;4-8,10-11H,3,9,12,19H2,1-2H3. The van der Waals surface area contributed by atoms with Gasteiger partial charge in [0.25, 0.3) is 5.89 Å². The number of carbonyl (C=O) groups excluding carboxylic acids is 1. The van der Waals surface area contributed by atoms with Gasteiger partial charge in [0.1, 0.15) is 0 Å². The molecule has 58 heavy (non-hydrogen) atoms. The Bertz CT molecular complexity index is 2770. The maximum Gasteiger partial charge on any atom is 0.314 e. The summed E-state index contributed by atoms with van der Waals surface area (Å²) in [5, 5.41) is 17.0. The zero-order valence-electron chi connectivity index (χ0n) is 31.8. The van der Waals surface area contributed by atoms with Crippen molar-refractivity contribution in [3.63, 3.8) is 0 Å². The Balaban J connectivity index is 0.000000198. The summed E-state index contributed by atoms with van der Waals surface area (Å²) in [6.07, 6.45) is 3.30. The number of pyridine rings is 2. The summed E-state index contributed by atoms with van der Waals surface area (Å²) in [5.74, 6) is -1.23. The molecule has 0 fully saturated rings. The topological polar surface area (TPSA) is 218 Å². The third kappa shape index (κ3) is 8.70. The first kappa shape index (κ1) is 41.4. The maximum absolute atomic E-state index is 12.9. The van der Waals surface area contributed by atoms with Crippen molar-refractivity contribution >= 4 is 59.0 Å². The van der Waals surface area contributed by atoms with E-state index in [0.717, 1.165) is 16.3 Å². The second-order valence-electron chi connectivity index (χ2n) is 12.7. The molecule has 0 saturated carbocycles. The minimum atomic E-state index is -3.64. The minimum absolute atomic E-state index is 0.0210. The van der Waals surface area contributed by atoms with Gasteiger partial charge in [-0.1, -0.05) is 24.3 Å². The number of anilines is 2. The molecule has 5 aromatic heterocycles. The predicted octanol–water partition coefficient (Wildman–Crippen LogP) is 4.78. The zero-order valence-corrected chi connectivity index (χ0v) is 33.4. The predicted molar refractivity (Wildman–Crippen MR) is 213 cm³/mol. The third-order valence-corrected chi connectivity index (χ3v) is 12.5. The number of carbonyl (C=O) groups is 1. The van der Waals surface area contributed by atoms with Crippen molar-refractivity contribution in [1.82, 2.24) is 39.7 Å². The first-order chi connectivity index (χ1) is 27.7. The average Bonchev–Trinajstić information content (AvgIpc) is 3.98. The number of nitrogens with zero attached hydrogens (tertiary/aromatic N) is 10. The molecule has 5 heterocycles. The number of aromatic nitrogens is 8. The number of halogens is 2. The van der Waals surface area contributed by atoms with E-state index in [0.29, 0.717) is 39.4 Å². The van der Waals surface area contributed by atoms with Gasteiger partial charge in [-0.25, -0.2) is 16.8 Å². The van der Waals surface area contributed by atoms with Crippen LogP contribution in [0.3, 0.4) is 0 Å². The van der Waals surface area contributed by atoms with Gasteiger partial charge in [0.15, 0.2) is 5.78 Å². The summed E-state index contributed by atoms with van der Waals surface area (Å²) >= 11 is 0. The second-order valence-corrected chi connectivity index (χ2v) is 17.1. The van der Waals surface area contributed by atoms with Crippen LogP contribution >= 0.6 is 0 Å². The summed E-state index contributed by atoms with van der Waals surface area (Å²) in [7, 11) is -3.69. The van der Waals surface area contributed by atoms with E-state index in [9.17, 15) is 30.4 Å². The van der Waals surface area contributed by atoms with Crippen molar-refractivity contribution in [1.29, 1.82) is 0 Å². The van der Waals surface area contributed by atoms with Crippen LogP contribution in [0.15, 0.2) is 89.9 Å². The molecule has 7 aromatic rings. The number of fused-ring (bicyclic) bond motifs is 2. The van der Waals surface area contributed by atoms with Crippen molar-refractivity contribution < 1.29 is 34.8 Å². The van der Waals surface area contributed by atoms with Gasteiger partial charge >= 0.3 is 6.43 Å². The van der Waals surface area contributed by atoms with Crippen molar-refractivity contribution in [3.8, 4) is 11.5 Å². The average molecular weight is 836 g/mol. The fraction of sp³-hybridized carbons (Fsp3) is 0.270. The highest BCUT2D eigenvalue weighted by Gasteiger charge is 2.26. The van der Waals surface area contributed by atoms with Crippen LogP contribution in [0.5, 0.6) is 0 Å². The Hall–Kier alpha value is -6.19. The summed E-state index contributed by atoms with van der Waals surface area (Å²) in [6, 6.07) is 17.2. The highest BCUT2D eigenvalue weighted by Crippen LogP contribution is 2.32. The van der Waals surface area contributed by atoms with Gasteiger partial charge in [-0.2, -0.15) is 19.0 Å². The SMILES string of the molecule is CCS(=O)(=O)N(Cc1ccc(-c2nnc(C(F)F)o2)cn1)c1cccc2cnn(C)c12.CCS(=O)(=O)N(Cc1ccc(C(=O)CN)cn1)c1cccc2cnn(C)c12. The van der Waals surface area contributed by atoms with E-state index in [1.807, 2.05) is 12.1 Å². The Morgan fingerprint density at radius 2 is 1.26 bits per heavy atom. The van der Waals surface area contributed by atoms with Crippen molar-refractivity contribution in [2.75, 3.05) is 26.7 Å². The van der Waals surface area contributed by atoms with Crippen molar-refractivity contribution in [3.05, 3.63) is 108 Å². The van der Waals surface area contributed by atoms with Crippen LogP contribution < -0.4 is 14.3 Å². The normalized spacial score (nSPS) is 11.9. The molecule has 0 saturated heterocycles. The van der Waals surface area contributed by atoms with Crippen LogP contribution in [0.4, 0.5) is 20.2 Å². The van der Waals surface area contributed by atoms with Gasteiger partial charge in [0.05, 0.1) is 82.9 Å². The Labute approximate surface area is 332 Å². The molecule has 17 nitrogen and oxygen atoms in total. The lowest BCUT2D eigenvalue weighted by Gasteiger charge is -2.24. The number of sulfonamides is 2. The summed E-state index contributed by atoms with van der Waals surface area (Å²) in [5.41, 5.74) is 9.53. The van der Waals surface area contributed by atoms with Crippen LogP contribution in [0.2, 0.25) is 0 Å². The molecular weight excluding hydrogens is 797 g/mol. The summed E-state index contributed by atoms with van der Waals surface area (Å²) in [4.78, 5) is 20.2. The number of benzene rings is 2. The molecular formula is C37H39F2N11O6S2. The van der Waals surface area contributed by atoms with Gasteiger partial charge in [0, 0.05) is 42.8 Å². The van der Waals surface area contributed by atoms with E-state index in [1.54, 1.807) is 98.2 Å². The van der Waals surface area contributed by atoms with Crippen LogP contribution in [0.1, 0.15) is 47.9 Å². The Morgan fingerprint density at radius 3 is 1.67 bits per heavy atom. The monoisotopic (exact) mass is 835 g/mol. The molecule has 0 atom stereocenters. The third-order valence-electron chi connectivity index (χ3n) is 9.06. The van der Waals surface area contributed by atoms with Crippen molar-refractivity contribution in [2.45, 2.75) is 33.4 Å². The van der Waals surface area contributed by atoms with Crippen LogP contribution in [0.25, 0.3) is 33.3 Å². The molecule has 0 radical (unpaired) electrons. The van der Waals surface area contributed by atoms with Crippen LogP contribution in [0, 0.1) is 0 Å². The number of ketones is 1. The molecule has 0 bridgehead atoms. The highest BCUT2D eigenvalue weighted by atomic mass is 32.2. The van der Waals surface area contributed by atoms with Gasteiger partial charge in [-0.05, 0) is 50.2 Å². The molecule has 2 N–H and O–H groups in total. The largest absolute Gasteiger partial charge is 0.415 e. The van der Waals surface area contributed by atoms with Gasteiger partial charge in [0.2, 0.25) is 25.9 Å². The Kier molecular flexibility index (Phi) is 12.2. The molecule has 0 aliphatic heterocycles. The van der Waals surface area contributed by atoms with Crippen LogP contribution in [-0.4, -0.2) is 80.4 Å². The minimum Gasteiger partial charge on any atom is -0.415 e. The molecule has 0 aliphatic rings. The quantitative estimate of drug-likeness (QED) is 0.146. The lowest BCUT2D eigenvalue weighted by molar-refractivity contribution is 0.100. The molecule has 7 rings (SSSR count). The van der Waals surface area contributed by atoms with E-state index in [1.165, 1.54) is 21.0 Å². The van der Waals surface area contributed by atoms with E-state index < -0.39 is 32.4 Å². The fourth-order valence-electron chi connectivity index (χ4n) is 5.98. The molecule has 21 heteroatoms. The number of para-hydroxylation sites is 2. The highest BCUT2D eigenvalue weighted by molar-refractivity contribution is 7.93. The lowest BCUT2D eigenvalue weighted by Crippen LogP contribution is -2.32. The maximum atomic E-state index is 12.9. The van der Waals surface area contributed by atoms with E-state index in [4.69, 9.17) is 10.2 Å². The van der Waals surface area contributed by atoms with E-state index >= 15 is 0 Å². The molecule has 0 amide bonds. The van der Waals surface area contributed by atoms with Gasteiger partial charge in [-0.3, -0.25) is 32.7 Å². The number of nitrogens with two attached hydrogens (primary N) is 1. The number of hydrogen-bond donors (Lipinski definition) is 1. The fourth-order valence-corrected chi connectivity index (χ4v) is 8.16. The number of alkyl halides is 2. The summed E-state index contributed by atoms with van der Waals surface area (Å²) < 4.78 is 87.5. The smallest absolute Gasteiger partial charge is 0.314 e. The number of aryl methyl sites for hydroxylation is 2. The van der Waals surface area contributed by atoms with Gasteiger partial charge in [-0.15, -0.1) is 10.2 Å². The first-order valence-electron chi connectivity index (χ1n) is 17.7. The lowest BCUT2D eigenvalue weighted by atomic mass is 10.2. The summed E-state index contributed by atoms with van der Waals surface area (Å²) in [6.45, 7) is 3.10. The number of Topliss-reactive ketones (excluding diaryl/α,β-unsaturated/α-hetero) is 1. The number of hydrogen-bond acceptors (Lipinski definition) is 13. The molecule has 304 valence electrons. The van der Waals surface area contributed by atoms with Crippen molar-refractivity contribution in [2.24, 2.45) is 19.8 Å². The molecule has 0 aliphatic carbocycles. The Morgan fingerprint density at radius 1 is 0.741 bits per heavy atom. The van der Waals surface area contributed by atoms with Crippen LogP contribution in [-0.2, 0) is 47.2 Å². The second kappa shape index (κ2) is 17.1. The number of rotatable bonds is 14.